The van der Waals surface area contributed by atoms with E-state index in [0.29, 0.717) is 33.6 Å². The van der Waals surface area contributed by atoms with E-state index in [2.05, 4.69) is 20.4 Å². The van der Waals surface area contributed by atoms with Crippen molar-refractivity contribution in [2.24, 2.45) is 0 Å². The van der Waals surface area contributed by atoms with Gasteiger partial charge in [0.1, 0.15) is 16.6 Å². The van der Waals surface area contributed by atoms with Gasteiger partial charge in [-0.25, -0.2) is 4.98 Å². The summed E-state index contributed by atoms with van der Waals surface area (Å²) in [6.07, 6.45) is 0.782. The molecule has 2 heterocycles. The van der Waals surface area contributed by atoms with Crippen molar-refractivity contribution in [2.45, 2.75) is 30.2 Å². The van der Waals surface area contributed by atoms with Crippen molar-refractivity contribution in [1.82, 2.24) is 19.6 Å². The second-order valence-electron chi connectivity index (χ2n) is 6.71. The fourth-order valence-corrected chi connectivity index (χ4v) is 4.22. The fraction of sp³-hybridized carbons (Fsp3) is 0.182. The van der Waals surface area contributed by atoms with Crippen LogP contribution in [0.1, 0.15) is 28.8 Å². The number of aromatic nitrogens is 4. The van der Waals surface area contributed by atoms with E-state index in [1.54, 1.807) is 22.7 Å². The molecule has 31 heavy (non-hydrogen) atoms. The van der Waals surface area contributed by atoms with Crippen molar-refractivity contribution < 1.29 is 9.53 Å². The number of ether oxygens (including phenoxy) is 1. The number of halogens is 1. The first kappa shape index (κ1) is 21.1. The minimum Gasteiger partial charge on any atom is -0.496 e. The van der Waals surface area contributed by atoms with Gasteiger partial charge in [-0.2, -0.15) is 9.50 Å². The number of carbonyl (C=O) groups excluding carboxylic acids is 1. The van der Waals surface area contributed by atoms with Crippen LogP contribution in [0.5, 0.6) is 5.75 Å². The molecule has 2 aromatic carbocycles. The molecule has 0 aliphatic rings. The molecule has 0 spiro atoms. The van der Waals surface area contributed by atoms with Crippen LogP contribution in [0, 0.1) is 6.92 Å². The standard InChI is InChI=1S/C22H20ClN5O2S/c1-4-15-12-20(28-22(25-15)24-13(2)27-28)31-19-8-6-5-7-17(19)26-21(29)16-10-9-14(23)11-18(16)30-3/h5-12H,4H2,1-3H3,(H,26,29). The van der Waals surface area contributed by atoms with Crippen LogP contribution in [0.2, 0.25) is 5.02 Å². The van der Waals surface area contributed by atoms with Gasteiger partial charge in [0.15, 0.2) is 0 Å². The van der Waals surface area contributed by atoms with E-state index in [4.69, 9.17) is 16.3 Å². The maximum atomic E-state index is 12.9. The van der Waals surface area contributed by atoms with Gasteiger partial charge >= 0.3 is 0 Å². The fourth-order valence-electron chi connectivity index (χ4n) is 3.06. The molecule has 0 fully saturated rings. The van der Waals surface area contributed by atoms with Crippen molar-refractivity contribution in [3.63, 3.8) is 0 Å². The summed E-state index contributed by atoms with van der Waals surface area (Å²) in [7, 11) is 1.51. The molecule has 1 amide bonds. The molecule has 1 N–H and O–H groups in total. The predicted molar refractivity (Wildman–Crippen MR) is 121 cm³/mol. The number of aryl methyl sites for hydroxylation is 2. The monoisotopic (exact) mass is 453 g/mol. The van der Waals surface area contributed by atoms with Gasteiger partial charge in [0.25, 0.3) is 11.7 Å². The molecule has 0 saturated heterocycles. The topological polar surface area (TPSA) is 81.4 Å². The van der Waals surface area contributed by atoms with E-state index in [1.807, 2.05) is 44.2 Å². The number of para-hydroxylation sites is 1. The molecule has 2 aromatic heterocycles. The van der Waals surface area contributed by atoms with Gasteiger partial charge in [0.05, 0.1) is 18.4 Å². The maximum absolute atomic E-state index is 12.9. The lowest BCUT2D eigenvalue weighted by atomic mass is 10.2. The first-order valence-electron chi connectivity index (χ1n) is 9.63. The Labute approximate surface area is 188 Å². The third-order valence-corrected chi connectivity index (χ3v) is 5.87. The number of carbonyl (C=O) groups is 1. The number of nitrogens with zero attached hydrogens (tertiary/aromatic N) is 4. The van der Waals surface area contributed by atoms with Gasteiger partial charge < -0.3 is 10.1 Å². The quantitative estimate of drug-likeness (QED) is 0.411. The van der Waals surface area contributed by atoms with Gasteiger partial charge in [-0.3, -0.25) is 4.79 Å². The second-order valence-corrected chi connectivity index (χ2v) is 8.21. The van der Waals surface area contributed by atoms with Crippen LogP contribution in [0.25, 0.3) is 5.78 Å². The van der Waals surface area contributed by atoms with E-state index >= 15 is 0 Å². The van der Waals surface area contributed by atoms with Gasteiger partial charge in [-0.1, -0.05) is 42.4 Å². The van der Waals surface area contributed by atoms with E-state index in [-0.39, 0.29) is 5.91 Å². The summed E-state index contributed by atoms with van der Waals surface area (Å²) in [5.41, 5.74) is 2.00. The highest BCUT2D eigenvalue weighted by molar-refractivity contribution is 7.99. The number of hydrogen-bond donors (Lipinski definition) is 1. The van der Waals surface area contributed by atoms with E-state index in [9.17, 15) is 4.79 Å². The number of anilines is 1. The first-order valence-corrected chi connectivity index (χ1v) is 10.8. The molecule has 0 saturated carbocycles. The molecule has 0 atom stereocenters. The molecule has 4 rings (SSSR count). The SMILES string of the molecule is CCc1cc(Sc2ccccc2NC(=O)c2ccc(Cl)cc2OC)n2nc(C)nc2n1. The number of nitrogens with one attached hydrogen (secondary N) is 1. The Morgan fingerprint density at radius 1 is 1.19 bits per heavy atom. The van der Waals surface area contributed by atoms with Crippen LogP contribution in [-0.4, -0.2) is 32.6 Å². The normalized spacial score (nSPS) is 11.0. The summed E-state index contributed by atoms with van der Waals surface area (Å²) < 4.78 is 7.03. The van der Waals surface area contributed by atoms with Gasteiger partial charge in [0.2, 0.25) is 0 Å². The predicted octanol–water partition coefficient (Wildman–Crippen LogP) is 5.06. The van der Waals surface area contributed by atoms with Crippen LogP contribution >= 0.6 is 23.4 Å². The smallest absolute Gasteiger partial charge is 0.259 e. The van der Waals surface area contributed by atoms with Crippen LogP contribution < -0.4 is 10.1 Å². The largest absolute Gasteiger partial charge is 0.496 e. The molecule has 0 aliphatic heterocycles. The maximum Gasteiger partial charge on any atom is 0.259 e. The molecular formula is C22H20ClN5O2S. The van der Waals surface area contributed by atoms with Gasteiger partial charge in [-0.15, -0.1) is 5.10 Å². The number of methoxy groups -OCH3 is 1. The molecule has 0 bridgehead atoms. The minimum atomic E-state index is -0.285. The van der Waals surface area contributed by atoms with E-state index < -0.39 is 0 Å². The lowest BCUT2D eigenvalue weighted by molar-refractivity contribution is 0.102. The molecular weight excluding hydrogens is 434 g/mol. The second kappa shape index (κ2) is 8.95. The third-order valence-electron chi connectivity index (χ3n) is 4.56. The molecule has 4 aromatic rings. The molecule has 158 valence electrons. The Morgan fingerprint density at radius 3 is 2.77 bits per heavy atom. The number of fused-ring (bicyclic) bond motifs is 1. The summed E-state index contributed by atoms with van der Waals surface area (Å²) in [4.78, 5) is 22.7. The number of rotatable bonds is 6. The molecule has 7 nitrogen and oxygen atoms in total. The highest BCUT2D eigenvalue weighted by Gasteiger charge is 2.16. The van der Waals surface area contributed by atoms with Gasteiger partial charge in [-0.05, 0) is 49.7 Å². The Balaban J connectivity index is 1.68. The highest BCUT2D eigenvalue weighted by atomic mass is 35.5. The first-order chi connectivity index (χ1) is 15.0. The molecule has 9 heteroatoms. The average Bonchev–Trinajstić information content (AvgIpc) is 3.15. The lowest BCUT2D eigenvalue weighted by Crippen LogP contribution is -2.13. The third kappa shape index (κ3) is 4.50. The Kier molecular flexibility index (Phi) is 6.11. The van der Waals surface area contributed by atoms with Crippen LogP contribution in [0.3, 0.4) is 0 Å². The summed E-state index contributed by atoms with van der Waals surface area (Å²) in [5, 5.41) is 8.81. The minimum absolute atomic E-state index is 0.285. The highest BCUT2D eigenvalue weighted by Crippen LogP contribution is 2.34. The van der Waals surface area contributed by atoms with Crippen molar-refractivity contribution >= 4 is 40.7 Å². The van der Waals surface area contributed by atoms with Crippen molar-refractivity contribution in [1.29, 1.82) is 0 Å². The summed E-state index contributed by atoms with van der Waals surface area (Å²) in [6, 6.07) is 14.5. The Bertz CT molecular complexity index is 1270. The Hall–Kier alpha value is -3.10. The van der Waals surface area contributed by atoms with Crippen molar-refractivity contribution in [3.05, 3.63) is 70.6 Å². The van der Waals surface area contributed by atoms with Crippen molar-refractivity contribution in [3.8, 4) is 5.75 Å². The van der Waals surface area contributed by atoms with E-state index in [0.717, 1.165) is 22.0 Å². The molecule has 0 unspecified atom stereocenters. The summed E-state index contributed by atoms with van der Waals surface area (Å²) in [5.74, 6) is 1.34. The molecule has 0 radical (unpaired) electrons. The zero-order chi connectivity index (χ0) is 22.0. The average molecular weight is 454 g/mol. The number of hydrogen-bond acceptors (Lipinski definition) is 6. The summed E-state index contributed by atoms with van der Waals surface area (Å²) >= 11 is 7.51. The number of benzene rings is 2. The van der Waals surface area contributed by atoms with E-state index in [1.165, 1.54) is 18.9 Å². The van der Waals surface area contributed by atoms with Gasteiger partial charge in [0, 0.05) is 15.6 Å². The summed E-state index contributed by atoms with van der Waals surface area (Å²) in [6.45, 7) is 3.88. The number of amides is 1. The zero-order valence-electron chi connectivity index (χ0n) is 17.2. The lowest BCUT2D eigenvalue weighted by Gasteiger charge is -2.13. The van der Waals surface area contributed by atoms with Crippen LogP contribution in [0.15, 0.2) is 58.5 Å². The van der Waals surface area contributed by atoms with Crippen LogP contribution in [-0.2, 0) is 6.42 Å². The molecule has 0 aliphatic carbocycles. The van der Waals surface area contributed by atoms with Crippen molar-refractivity contribution in [2.75, 3.05) is 12.4 Å². The van der Waals surface area contributed by atoms with Crippen LogP contribution in [0.4, 0.5) is 5.69 Å². The Morgan fingerprint density at radius 2 is 2.00 bits per heavy atom. The zero-order valence-corrected chi connectivity index (χ0v) is 18.8.